The summed E-state index contributed by atoms with van der Waals surface area (Å²) in [6.07, 6.45) is 0. The molecule has 0 saturated heterocycles. The Balaban J connectivity index is 3.26. The van der Waals surface area contributed by atoms with E-state index in [1.165, 1.54) is 7.11 Å². The van der Waals surface area contributed by atoms with Crippen molar-refractivity contribution in [3.63, 3.8) is 0 Å². The molecule has 15 heavy (non-hydrogen) atoms. The van der Waals surface area contributed by atoms with Gasteiger partial charge in [0, 0.05) is 0 Å². The predicted octanol–water partition coefficient (Wildman–Crippen LogP) is 2.94. The van der Waals surface area contributed by atoms with Crippen LogP contribution in [0.1, 0.15) is 22.8 Å². The van der Waals surface area contributed by atoms with E-state index in [-0.39, 0.29) is 5.97 Å². The van der Waals surface area contributed by atoms with Crippen molar-refractivity contribution in [3.05, 3.63) is 27.7 Å². The average molecular weight is 273 g/mol. The Bertz CT molecular complexity index is 374. The van der Waals surface area contributed by atoms with E-state index in [1.807, 2.05) is 19.9 Å². The number of hydrogen-bond acceptors (Lipinski definition) is 3. The Morgan fingerprint density at radius 3 is 2.67 bits per heavy atom. The normalized spacial score (nSPS) is 9.87. The number of benzene rings is 1. The lowest BCUT2D eigenvalue weighted by Crippen LogP contribution is -2.06. The largest absolute Gasteiger partial charge is 0.492 e. The SMILES string of the molecule is CCOc1c(Br)cc(C)cc1C(=O)OC. The van der Waals surface area contributed by atoms with Crippen molar-refractivity contribution >= 4 is 21.9 Å². The fraction of sp³-hybridized carbons (Fsp3) is 0.364. The predicted molar refractivity (Wildman–Crippen MR) is 61.4 cm³/mol. The van der Waals surface area contributed by atoms with Crippen molar-refractivity contribution in [3.8, 4) is 5.75 Å². The minimum atomic E-state index is -0.386. The van der Waals surface area contributed by atoms with Gasteiger partial charge in [0.2, 0.25) is 0 Å². The molecule has 0 saturated carbocycles. The topological polar surface area (TPSA) is 35.5 Å². The van der Waals surface area contributed by atoms with Gasteiger partial charge in [0.25, 0.3) is 0 Å². The maximum absolute atomic E-state index is 11.5. The van der Waals surface area contributed by atoms with E-state index < -0.39 is 0 Å². The Morgan fingerprint density at radius 2 is 2.13 bits per heavy atom. The zero-order chi connectivity index (χ0) is 11.4. The van der Waals surface area contributed by atoms with E-state index in [2.05, 4.69) is 15.9 Å². The van der Waals surface area contributed by atoms with Gasteiger partial charge in [-0.05, 0) is 47.5 Å². The quantitative estimate of drug-likeness (QED) is 0.794. The third-order valence-corrected chi connectivity index (χ3v) is 2.47. The van der Waals surface area contributed by atoms with Gasteiger partial charge in [0.05, 0.1) is 18.2 Å². The molecule has 0 aliphatic carbocycles. The number of ether oxygens (including phenoxy) is 2. The van der Waals surface area contributed by atoms with E-state index in [1.54, 1.807) is 6.07 Å². The number of aryl methyl sites for hydroxylation is 1. The molecule has 1 aromatic carbocycles. The zero-order valence-corrected chi connectivity index (χ0v) is 10.6. The van der Waals surface area contributed by atoms with E-state index in [4.69, 9.17) is 9.47 Å². The van der Waals surface area contributed by atoms with Crippen molar-refractivity contribution in [2.45, 2.75) is 13.8 Å². The molecule has 0 spiro atoms. The highest BCUT2D eigenvalue weighted by atomic mass is 79.9. The van der Waals surface area contributed by atoms with Crippen LogP contribution in [0.2, 0.25) is 0 Å². The molecule has 0 fully saturated rings. The number of carbonyl (C=O) groups is 1. The molecular formula is C11H13BrO3. The van der Waals surface area contributed by atoms with Gasteiger partial charge in [-0.3, -0.25) is 0 Å². The van der Waals surface area contributed by atoms with Crippen LogP contribution in [0.15, 0.2) is 16.6 Å². The van der Waals surface area contributed by atoms with Crippen molar-refractivity contribution in [1.82, 2.24) is 0 Å². The van der Waals surface area contributed by atoms with Gasteiger partial charge in [-0.2, -0.15) is 0 Å². The van der Waals surface area contributed by atoms with Crippen LogP contribution < -0.4 is 4.74 Å². The molecule has 0 aromatic heterocycles. The van der Waals surface area contributed by atoms with Crippen LogP contribution in [-0.2, 0) is 4.74 Å². The molecule has 82 valence electrons. The molecule has 1 aromatic rings. The minimum Gasteiger partial charge on any atom is -0.492 e. The fourth-order valence-electron chi connectivity index (χ4n) is 1.28. The monoisotopic (exact) mass is 272 g/mol. The van der Waals surface area contributed by atoms with Crippen molar-refractivity contribution < 1.29 is 14.3 Å². The zero-order valence-electron chi connectivity index (χ0n) is 8.96. The van der Waals surface area contributed by atoms with Gasteiger partial charge < -0.3 is 9.47 Å². The maximum Gasteiger partial charge on any atom is 0.341 e. The van der Waals surface area contributed by atoms with Gasteiger partial charge in [0.1, 0.15) is 11.3 Å². The molecule has 0 aliphatic heterocycles. The number of methoxy groups -OCH3 is 1. The van der Waals surface area contributed by atoms with E-state index in [0.717, 1.165) is 10.0 Å². The molecule has 0 amide bonds. The lowest BCUT2D eigenvalue weighted by molar-refractivity contribution is 0.0596. The summed E-state index contributed by atoms with van der Waals surface area (Å²) in [6, 6.07) is 3.65. The molecule has 0 heterocycles. The van der Waals surface area contributed by atoms with Crippen molar-refractivity contribution in [2.24, 2.45) is 0 Å². The lowest BCUT2D eigenvalue weighted by atomic mass is 10.1. The van der Waals surface area contributed by atoms with E-state index in [0.29, 0.717) is 17.9 Å². The number of carbonyl (C=O) groups excluding carboxylic acids is 1. The van der Waals surface area contributed by atoms with Crippen LogP contribution in [0.3, 0.4) is 0 Å². The third-order valence-electron chi connectivity index (χ3n) is 1.88. The Kier molecular flexibility index (Phi) is 4.15. The van der Waals surface area contributed by atoms with Crippen LogP contribution in [0.4, 0.5) is 0 Å². The molecular weight excluding hydrogens is 260 g/mol. The van der Waals surface area contributed by atoms with Crippen LogP contribution in [0.5, 0.6) is 5.75 Å². The molecule has 0 unspecified atom stereocenters. The second-order valence-electron chi connectivity index (χ2n) is 3.05. The highest BCUT2D eigenvalue weighted by molar-refractivity contribution is 9.10. The maximum atomic E-state index is 11.5. The van der Waals surface area contributed by atoms with Crippen molar-refractivity contribution in [2.75, 3.05) is 13.7 Å². The molecule has 1 rings (SSSR count). The standard InChI is InChI=1S/C11H13BrO3/c1-4-15-10-8(11(13)14-3)5-7(2)6-9(10)12/h5-6H,4H2,1-3H3. The molecule has 4 heteroatoms. The molecule has 0 bridgehead atoms. The summed E-state index contributed by atoms with van der Waals surface area (Å²) in [4.78, 5) is 11.5. The third kappa shape index (κ3) is 2.72. The van der Waals surface area contributed by atoms with Crippen LogP contribution >= 0.6 is 15.9 Å². The lowest BCUT2D eigenvalue weighted by Gasteiger charge is -2.11. The number of rotatable bonds is 3. The Hall–Kier alpha value is -1.03. The van der Waals surface area contributed by atoms with Gasteiger partial charge in [-0.15, -0.1) is 0 Å². The first kappa shape index (κ1) is 12.0. The fourth-order valence-corrected chi connectivity index (χ4v) is 1.97. The van der Waals surface area contributed by atoms with E-state index >= 15 is 0 Å². The highest BCUT2D eigenvalue weighted by Crippen LogP contribution is 2.31. The molecule has 3 nitrogen and oxygen atoms in total. The summed E-state index contributed by atoms with van der Waals surface area (Å²) >= 11 is 3.36. The summed E-state index contributed by atoms with van der Waals surface area (Å²) in [6.45, 7) is 4.28. The Labute approximate surface area is 97.5 Å². The summed E-state index contributed by atoms with van der Waals surface area (Å²) < 4.78 is 10.9. The van der Waals surface area contributed by atoms with Gasteiger partial charge in [-0.25, -0.2) is 4.79 Å². The number of hydrogen-bond donors (Lipinski definition) is 0. The van der Waals surface area contributed by atoms with Gasteiger partial charge in [0.15, 0.2) is 0 Å². The van der Waals surface area contributed by atoms with Crippen molar-refractivity contribution in [1.29, 1.82) is 0 Å². The molecule has 0 radical (unpaired) electrons. The smallest absolute Gasteiger partial charge is 0.341 e. The van der Waals surface area contributed by atoms with Crippen LogP contribution in [0, 0.1) is 6.92 Å². The number of esters is 1. The van der Waals surface area contributed by atoms with Gasteiger partial charge in [-0.1, -0.05) is 0 Å². The van der Waals surface area contributed by atoms with Crippen LogP contribution in [-0.4, -0.2) is 19.7 Å². The Morgan fingerprint density at radius 1 is 1.47 bits per heavy atom. The molecule has 0 N–H and O–H groups in total. The van der Waals surface area contributed by atoms with E-state index in [9.17, 15) is 4.79 Å². The summed E-state index contributed by atoms with van der Waals surface area (Å²) in [5.41, 5.74) is 1.43. The average Bonchev–Trinajstić information content (AvgIpc) is 2.20. The van der Waals surface area contributed by atoms with Crippen LogP contribution in [0.25, 0.3) is 0 Å². The molecule has 0 aliphatic rings. The minimum absolute atomic E-state index is 0.386. The number of halogens is 1. The first-order valence-electron chi connectivity index (χ1n) is 4.61. The second kappa shape index (κ2) is 5.16. The molecule has 0 atom stereocenters. The highest BCUT2D eigenvalue weighted by Gasteiger charge is 2.16. The summed E-state index contributed by atoms with van der Waals surface area (Å²) in [5, 5.41) is 0. The first-order chi connectivity index (χ1) is 7.10. The summed E-state index contributed by atoms with van der Waals surface area (Å²) in [7, 11) is 1.36. The van der Waals surface area contributed by atoms with Gasteiger partial charge >= 0.3 is 5.97 Å². The first-order valence-corrected chi connectivity index (χ1v) is 5.40. The second-order valence-corrected chi connectivity index (χ2v) is 3.90. The summed E-state index contributed by atoms with van der Waals surface area (Å²) in [5.74, 6) is 0.151.